The van der Waals surface area contributed by atoms with E-state index in [0.717, 1.165) is 18.4 Å². The van der Waals surface area contributed by atoms with E-state index < -0.39 is 0 Å². The fourth-order valence-electron chi connectivity index (χ4n) is 3.37. The lowest BCUT2D eigenvalue weighted by Gasteiger charge is -2.33. The van der Waals surface area contributed by atoms with E-state index in [0.29, 0.717) is 6.04 Å². The number of rotatable bonds is 5. The molecule has 1 aromatic rings. The maximum Gasteiger partial charge on any atom is 0.126 e. The number of hydrogen-bond donors (Lipinski definition) is 1. The van der Waals surface area contributed by atoms with E-state index >= 15 is 0 Å². The van der Waals surface area contributed by atoms with Crippen LogP contribution in [0.3, 0.4) is 0 Å². The molecule has 1 unspecified atom stereocenters. The van der Waals surface area contributed by atoms with Crippen LogP contribution in [0.25, 0.3) is 0 Å². The van der Waals surface area contributed by atoms with Crippen molar-refractivity contribution in [2.45, 2.75) is 58.5 Å². The number of imidazole rings is 1. The van der Waals surface area contributed by atoms with E-state index in [9.17, 15) is 0 Å². The zero-order valence-corrected chi connectivity index (χ0v) is 12.0. The molecule has 0 bridgehead atoms. The van der Waals surface area contributed by atoms with Crippen LogP contribution in [0.1, 0.15) is 57.8 Å². The van der Waals surface area contributed by atoms with Crippen molar-refractivity contribution in [3.63, 3.8) is 0 Å². The van der Waals surface area contributed by atoms with E-state index in [4.69, 9.17) is 0 Å². The minimum absolute atomic E-state index is 0.428. The van der Waals surface area contributed by atoms with Crippen LogP contribution >= 0.6 is 0 Å². The summed E-state index contributed by atoms with van der Waals surface area (Å²) >= 11 is 0. The molecule has 1 saturated carbocycles. The summed E-state index contributed by atoms with van der Waals surface area (Å²) in [6.07, 6.45) is 10.9. The summed E-state index contributed by atoms with van der Waals surface area (Å²) in [6, 6.07) is 0.428. The Bertz CT molecular complexity index is 350. The molecular weight excluding hydrogens is 222 g/mol. The Morgan fingerprint density at radius 2 is 2.06 bits per heavy atom. The van der Waals surface area contributed by atoms with Gasteiger partial charge >= 0.3 is 0 Å². The Kier molecular flexibility index (Phi) is 4.81. The number of nitrogens with zero attached hydrogens (tertiary/aromatic N) is 2. The summed E-state index contributed by atoms with van der Waals surface area (Å²) < 4.78 is 2.27. The lowest BCUT2D eigenvalue weighted by atomic mass is 9.77. The smallest absolute Gasteiger partial charge is 0.126 e. The molecule has 1 aliphatic carbocycles. The quantitative estimate of drug-likeness (QED) is 0.867. The third-order valence-electron chi connectivity index (χ3n) is 4.62. The average molecular weight is 249 g/mol. The largest absolute Gasteiger partial charge is 0.334 e. The monoisotopic (exact) mass is 249 g/mol. The van der Waals surface area contributed by atoms with Crippen LogP contribution in [0.4, 0.5) is 0 Å². The van der Waals surface area contributed by atoms with Crippen LogP contribution in [-0.4, -0.2) is 16.6 Å². The number of nitrogens with one attached hydrogen (secondary N) is 1. The van der Waals surface area contributed by atoms with Crippen LogP contribution < -0.4 is 5.32 Å². The van der Waals surface area contributed by atoms with Gasteiger partial charge in [0, 0.05) is 18.9 Å². The zero-order chi connectivity index (χ0) is 13.0. The SMILES string of the molecule is CCC1CCC(C(NC)c2nccn2CC)CC1. The predicted octanol–water partition coefficient (Wildman–Crippen LogP) is 3.38. The second-order valence-electron chi connectivity index (χ2n) is 5.53. The van der Waals surface area contributed by atoms with Crippen LogP contribution in [0.2, 0.25) is 0 Å². The Hall–Kier alpha value is -0.830. The highest BCUT2D eigenvalue weighted by Gasteiger charge is 2.29. The van der Waals surface area contributed by atoms with Gasteiger partial charge in [-0.2, -0.15) is 0 Å². The molecule has 102 valence electrons. The number of aromatic nitrogens is 2. The first-order chi connectivity index (χ1) is 8.80. The highest BCUT2D eigenvalue weighted by molar-refractivity contribution is 5.02. The minimum Gasteiger partial charge on any atom is -0.334 e. The lowest BCUT2D eigenvalue weighted by Crippen LogP contribution is -2.31. The fraction of sp³-hybridized carbons (Fsp3) is 0.800. The summed E-state index contributed by atoms with van der Waals surface area (Å²) in [6.45, 7) is 5.52. The van der Waals surface area contributed by atoms with Gasteiger partial charge in [0.1, 0.15) is 5.82 Å². The predicted molar refractivity (Wildman–Crippen MR) is 75.4 cm³/mol. The van der Waals surface area contributed by atoms with Gasteiger partial charge in [0.15, 0.2) is 0 Å². The summed E-state index contributed by atoms with van der Waals surface area (Å²) in [5, 5.41) is 3.50. The molecule has 1 N–H and O–H groups in total. The highest BCUT2D eigenvalue weighted by Crippen LogP contribution is 2.37. The maximum atomic E-state index is 4.57. The van der Waals surface area contributed by atoms with Crippen molar-refractivity contribution in [3.05, 3.63) is 18.2 Å². The van der Waals surface area contributed by atoms with Gasteiger partial charge in [-0.3, -0.25) is 0 Å². The molecule has 18 heavy (non-hydrogen) atoms. The first-order valence-corrected chi connectivity index (χ1v) is 7.48. The van der Waals surface area contributed by atoms with E-state index in [1.54, 1.807) is 0 Å². The molecule has 3 heteroatoms. The van der Waals surface area contributed by atoms with Crippen LogP contribution in [-0.2, 0) is 6.54 Å². The minimum atomic E-state index is 0.428. The van der Waals surface area contributed by atoms with Crippen LogP contribution in [0, 0.1) is 11.8 Å². The average Bonchev–Trinajstić information content (AvgIpc) is 2.89. The van der Waals surface area contributed by atoms with Crippen molar-refractivity contribution in [1.82, 2.24) is 14.9 Å². The van der Waals surface area contributed by atoms with Crippen molar-refractivity contribution in [2.24, 2.45) is 11.8 Å². The van der Waals surface area contributed by atoms with Crippen molar-refractivity contribution >= 4 is 0 Å². The first kappa shape index (κ1) is 13.6. The fourth-order valence-corrected chi connectivity index (χ4v) is 3.37. The van der Waals surface area contributed by atoms with Crippen molar-refractivity contribution in [3.8, 4) is 0 Å². The second kappa shape index (κ2) is 6.37. The van der Waals surface area contributed by atoms with Crippen molar-refractivity contribution < 1.29 is 0 Å². The van der Waals surface area contributed by atoms with Gasteiger partial charge in [-0.1, -0.05) is 26.2 Å². The summed E-state index contributed by atoms with van der Waals surface area (Å²) in [7, 11) is 2.07. The molecule has 0 radical (unpaired) electrons. The van der Waals surface area contributed by atoms with Crippen molar-refractivity contribution in [1.29, 1.82) is 0 Å². The molecule has 0 aliphatic heterocycles. The Morgan fingerprint density at radius 3 is 2.61 bits per heavy atom. The topological polar surface area (TPSA) is 29.9 Å². The molecule has 1 aliphatic rings. The standard InChI is InChI=1S/C15H27N3/c1-4-12-6-8-13(9-7-12)14(16-3)15-17-10-11-18(15)5-2/h10-14,16H,4-9H2,1-3H3. The Labute approximate surface area is 111 Å². The van der Waals surface area contributed by atoms with Crippen molar-refractivity contribution in [2.75, 3.05) is 7.05 Å². The molecule has 1 fully saturated rings. The van der Waals surface area contributed by atoms with E-state index in [-0.39, 0.29) is 0 Å². The normalized spacial score (nSPS) is 26.2. The highest BCUT2D eigenvalue weighted by atomic mass is 15.1. The van der Waals surface area contributed by atoms with Gasteiger partial charge in [0.05, 0.1) is 6.04 Å². The van der Waals surface area contributed by atoms with Gasteiger partial charge in [-0.25, -0.2) is 4.98 Å². The van der Waals surface area contributed by atoms with E-state index in [2.05, 4.69) is 42.0 Å². The van der Waals surface area contributed by atoms with Crippen LogP contribution in [0.15, 0.2) is 12.4 Å². The first-order valence-electron chi connectivity index (χ1n) is 7.48. The summed E-state index contributed by atoms with van der Waals surface area (Å²) in [5.41, 5.74) is 0. The van der Waals surface area contributed by atoms with Gasteiger partial charge in [-0.05, 0) is 38.6 Å². The number of aryl methyl sites for hydroxylation is 1. The van der Waals surface area contributed by atoms with E-state index in [1.165, 1.54) is 37.9 Å². The van der Waals surface area contributed by atoms with Crippen LogP contribution in [0.5, 0.6) is 0 Å². The molecular formula is C15H27N3. The molecule has 0 saturated heterocycles. The van der Waals surface area contributed by atoms with Gasteiger partial charge < -0.3 is 9.88 Å². The molecule has 0 spiro atoms. The molecule has 1 heterocycles. The second-order valence-corrected chi connectivity index (χ2v) is 5.53. The third kappa shape index (κ3) is 2.77. The summed E-state index contributed by atoms with van der Waals surface area (Å²) in [5.74, 6) is 2.94. The lowest BCUT2D eigenvalue weighted by molar-refractivity contribution is 0.217. The zero-order valence-electron chi connectivity index (χ0n) is 12.0. The van der Waals surface area contributed by atoms with Gasteiger partial charge in [-0.15, -0.1) is 0 Å². The van der Waals surface area contributed by atoms with Gasteiger partial charge in [0.2, 0.25) is 0 Å². The molecule has 1 aromatic heterocycles. The molecule has 1 atom stereocenters. The van der Waals surface area contributed by atoms with E-state index in [1.807, 2.05) is 6.20 Å². The van der Waals surface area contributed by atoms with Gasteiger partial charge in [0.25, 0.3) is 0 Å². The Balaban J connectivity index is 2.05. The summed E-state index contributed by atoms with van der Waals surface area (Å²) in [4.78, 5) is 4.57. The molecule has 2 rings (SSSR count). The third-order valence-corrected chi connectivity index (χ3v) is 4.62. The molecule has 0 aromatic carbocycles. The number of hydrogen-bond acceptors (Lipinski definition) is 2. The maximum absolute atomic E-state index is 4.57. The Morgan fingerprint density at radius 1 is 1.33 bits per heavy atom. The molecule has 0 amide bonds. The molecule has 3 nitrogen and oxygen atoms in total.